The summed E-state index contributed by atoms with van der Waals surface area (Å²) in [7, 11) is 0. The maximum Gasteiger partial charge on any atom is 0.0534 e. The van der Waals surface area contributed by atoms with Gasteiger partial charge in [-0.05, 0) is 12.5 Å². The van der Waals surface area contributed by atoms with E-state index in [1.165, 1.54) is 0 Å². The van der Waals surface area contributed by atoms with E-state index in [1.54, 1.807) is 0 Å². The molecule has 0 spiro atoms. The van der Waals surface area contributed by atoms with Crippen LogP contribution in [0.15, 0.2) is 42.5 Å². The van der Waals surface area contributed by atoms with Crippen LogP contribution in [-0.2, 0) is 0 Å². The van der Waals surface area contributed by atoms with Crippen molar-refractivity contribution >= 4 is 0 Å². The van der Waals surface area contributed by atoms with E-state index < -0.39 is 0 Å². The highest BCUT2D eigenvalue weighted by molar-refractivity contribution is 5.23. The molecule has 64 valence electrons. The quantitative estimate of drug-likeness (QED) is 0.676. The summed E-state index contributed by atoms with van der Waals surface area (Å²) in [4.78, 5) is 0. The SMILES string of the molecule is C/C=C/C(CO)c1ccccc1. The molecule has 0 aliphatic rings. The molecule has 0 saturated carbocycles. The molecule has 0 radical (unpaired) electrons. The fraction of sp³-hybridized carbons (Fsp3) is 0.273. The Labute approximate surface area is 73.4 Å². The molecule has 0 aliphatic carbocycles. The van der Waals surface area contributed by atoms with Gasteiger partial charge in [-0.2, -0.15) is 0 Å². The third-order valence-electron chi connectivity index (χ3n) is 1.85. The first-order chi connectivity index (χ1) is 5.88. The first-order valence-corrected chi connectivity index (χ1v) is 4.17. The lowest BCUT2D eigenvalue weighted by Gasteiger charge is -2.08. The molecule has 1 heteroatoms. The van der Waals surface area contributed by atoms with Crippen LogP contribution in [0, 0.1) is 0 Å². The lowest BCUT2D eigenvalue weighted by atomic mass is 10.00. The Balaban J connectivity index is 2.80. The maximum atomic E-state index is 9.06. The molecule has 0 heterocycles. The van der Waals surface area contributed by atoms with E-state index in [1.807, 2.05) is 49.4 Å². The number of aliphatic hydroxyl groups excluding tert-OH is 1. The van der Waals surface area contributed by atoms with Crippen molar-refractivity contribution in [3.63, 3.8) is 0 Å². The summed E-state index contributed by atoms with van der Waals surface area (Å²) in [5, 5.41) is 9.06. The van der Waals surface area contributed by atoms with E-state index >= 15 is 0 Å². The molecule has 1 rings (SSSR count). The number of benzene rings is 1. The van der Waals surface area contributed by atoms with Crippen LogP contribution in [0.3, 0.4) is 0 Å². The fourth-order valence-corrected chi connectivity index (χ4v) is 1.21. The molecule has 1 unspecified atom stereocenters. The molecule has 1 aromatic carbocycles. The summed E-state index contributed by atoms with van der Waals surface area (Å²) in [6.07, 6.45) is 3.98. The number of allylic oxidation sites excluding steroid dienone is 1. The number of rotatable bonds is 3. The summed E-state index contributed by atoms with van der Waals surface area (Å²) in [6, 6.07) is 10.0. The first kappa shape index (κ1) is 9.01. The van der Waals surface area contributed by atoms with Crippen LogP contribution in [0.5, 0.6) is 0 Å². The van der Waals surface area contributed by atoms with Crippen LogP contribution in [0.1, 0.15) is 18.4 Å². The molecule has 0 bridgehead atoms. The van der Waals surface area contributed by atoms with Gasteiger partial charge in [0.15, 0.2) is 0 Å². The summed E-state index contributed by atoms with van der Waals surface area (Å²) in [5.74, 6) is 0.149. The van der Waals surface area contributed by atoms with E-state index in [4.69, 9.17) is 5.11 Å². The average Bonchev–Trinajstić information content (AvgIpc) is 2.15. The molecular weight excluding hydrogens is 148 g/mol. The largest absolute Gasteiger partial charge is 0.395 e. The van der Waals surface area contributed by atoms with E-state index in [0.717, 1.165) is 5.56 Å². The van der Waals surface area contributed by atoms with Crippen molar-refractivity contribution in [1.82, 2.24) is 0 Å². The zero-order valence-electron chi connectivity index (χ0n) is 7.27. The monoisotopic (exact) mass is 162 g/mol. The van der Waals surface area contributed by atoms with Gasteiger partial charge in [-0.15, -0.1) is 0 Å². The van der Waals surface area contributed by atoms with Gasteiger partial charge in [0.25, 0.3) is 0 Å². The van der Waals surface area contributed by atoms with Crippen molar-refractivity contribution in [2.75, 3.05) is 6.61 Å². The topological polar surface area (TPSA) is 20.2 Å². The summed E-state index contributed by atoms with van der Waals surface area (Å²) >= 11 is 0. The Bertz CT molecular complexity index is 238. The Morgan fingerprint density at radius 1 is 1.33 bits per heavy atom. The lowest BCUT2D eigenvalue weighted by molar-refractivity contribution is 0.283. The molecule has 1 aromatic rings. The van der Waals surface area contributed by atoms with Crippen LogP contribution in [0.2, 0.25) is 0 Å². The minimum absolute atomic E-state index is 0.149. The van der Waals surface area contributed by atoms with Gasteiger partial charge in [0, 0.05) is 5.92 Å². The van der Waals surface area contributed by atoms with E-state index in [-0.39, 0.29) is 12.5 Å². The Morgan fingerprint density at radius 2 is 2.00 bits per heavy atom. The average molecular weight is 162 g/mol. The number of hydrogen-bond donors (Lipinski definition) is 1. The molecule has 1 nitrogen and oxygen atoms in total. The van der Waals surface area contributed by atoms with Gasteiger partial charge in [-0.3, -0.25) is 0 Å². The molecule has 1 N–H and O–H groups in total. The Kier molecular flexibility index (Phi) is 3.55. The van der Waals surface area contributed by atoms with Crippen LogP contribution in [0.4, 0.5) is 0 Å². The second-order valence-electron chi connectivity index (χ2n) is 2.73. The summed E-state index contributed by atoms with van der Waals surface area (Å²) in [6.45, 7) is 2.14. The molecule has 0 amide bonds. The molecule has 1 atom stereocenters. The minimum atomic E-state index is 0.149. The summed E-state index contributed by atoms with van der Waals surface area (Å²) in [5.41, 5.74) is 1.16. The zero-order valence-corrected chi connectivity index (χ0v) is 7.27. The van der Waals surface area contributed by atoms with Crippen molar-refractivity contribution in [2.24, 2.45) is 0 Å². The third-order valence-corrected chi connectivity index (χ3v) is 1.85. The predicted octanol–water partition coefficient (Wildman–Crippen LogP) is 2.34. The van der Waals surface area contributed by atoms with E-state index in [2.05, 4.69) is 0 Å². The Hall–Kier alpha value is -1.08. The second-order valence-corrected chi connectivity index (χ2v) is 2.73. The van der Waals surface area contributed by atoms with Crippen molar-refractivity contribution < 1.29 is 5.11 Å². The first-order valence-electron chi connectivity index (χ1n) is 4.17. The molecular formula is C11H14O. The molecule has 0 aliphatic heterocycles. The van der Waals surface area contributed by atoms with Crippen LogP contribution in [0.25, 0.3) is 0 Å². The van der Waals surface area contributed by atoms with Gasteiger partial charge in [-0.25, -0.2) is 0 Å². The van der Waals surface area contributed by atoms with E-state index in [0.29, 0.717) is 0 Å². The molecule has 0 fully saturated rings. The van der Waals surface area contributed by atoms with Gasteiger partial charge < -0.3 is 5.11 Å². The zero-order chi connectivity index (χ0) is 8.81. The normalized spacial score (nSPS) is 13.5. The summed E-state index contributed by atoms with van der Waals surface area (Å²) < 4.78 is 0. The smallest absolute Gasteiger partial charge is 0.0534 e. The minimum Gasteiger partial charge on any atom is -0.395 e. The van der Waals surface area contributed by atoms with E-state index in [9.17, 15) is 0 Å². The van der Waals surface area contributed by atoms with Crippen LogP contribution >= 0.6 is 0 Å². The van der Waals surface area contributed by atoms with Crippen molar-refractivity contribution in [3.05, 3.63) is 48.0 Å². The maximum absolute atomic E-state index is 9.06. The van der Waals surface area contributed by atoms with Crippen molar-refractivity contribution in [2.45, 2.75) is 12.8 Å². The predicted molar refractivity (Wildman–Crippen MR) is 51.1 cm³/mol. The van der Waals surface area contributed by atoms with Gasteiger partial charge in [0.05, 0.1) is 6.61 Å². The third kappa shape index (κ3) is 2.21. The van der Waals surface area contributed by atoms with Crippen molar-refractivity contribution in [3.8, 4) is 0 Å². The van der Waals surface area contributed by atoms with Crippen molar-refractivity contribution in [1.29, 1.82) is 0 Å². The van der Waals surface area contributed by atoms with Crippen LogP contribution in [-0.4, -0.2) is 11.7 Å². The molecule has 0 saturated heterocycles. The number of hydrogen-bond acceptors (Lipinski definition) is 1. The molecule has 12 heavy (non-hydrogen) atoms. The number of aliphatic hydroxyl groups is 1. The van der Waals surface area contributed by atoms with Crippen LogP contribution < -0.4 is 0 Å². The highest BCUT2D eigenvalue weighted by Gasteiger charge is 2.03. The standard InChI is InChI=1S/C11H14O/c1-2-6-11(9-12)10-7-4-3-5-8-10/h2-8,11-12H,9H2,1H3/b6-2+. The van der Waals surface area contributed by atoms with Gasteiger partial charge in [-0.1, -0.05) is 42.5 Å². The Morgan fingerprint density at radius 3 is 2.50 bits per heavy atom. The van der Waals surface area contributed by atoms with Gasteiger partial charge in [0.1, 0.15) is 0 Å². The van der Waals surface area contributed by atoms with Gasteiger partial charge >= 0.3 is 0 Å². The highest BCUT2D eigenvalue weighted by atomic mass is 16.3. The lowest BCUT2D eigenvalue weighted by Crippen LogP contribution is -1.99. The molecule has 0 aromatic heterocycles. The highest BCUT2D eigenvalue weighted by Crippen LogP contribution is 2.15. The second kappa shape index (κ2) is 4.73. The fourth-order valence-electron chi connectivity index (χ4n) is 1.21. The van der Waals surface area contributed by atoms with Gasteiger partial charge in [0.2, 0.25) is 0 Å².